The molecule has 3 fully saturated rings. The molecule has 1 aromatic heterocycles. The van der Waals surface area contributed by atoms with Crippen LogP contribution in [0.1, 0.15) is 43.0 Å². The van der Waals surface area contributed by atoms with Gasteiger partial charge in [0, 0.05) is 19.5 Å². The number of carbonyl (C=O) groups is 2. The molecule has 0 spiro atoms. The van der Waals surface area contributed by atoms with E-state index < -0.39 is 28.5 Å². The van der Waals surface area contributed by atoms with Crippen LogP contribution in [0.2, 0.25) is 0 Å². The number of nitrogens with one attached hydrogen (secondary N) is 1. The molecule has 1 unspecified atom stereocenters. The van der Waals surface area contributed by atoms with Gasteiger partial charge in [0.1, 0.15) is 6.04 Å². The van der Waals surface area contributed by atoms with Crippen LogP contribution in [0.15, 0.2) is 4.42 Å². The predicted molar refractivity (Wildman–Crippen MR) is 77.0 cm³/mol. The first-order valence-electron chi connectivity index (χ1n) is 7.68. The summed E-state index contributed by atoms with van der Waals surface area (Å²) in [7, 11) is -4.79. The van der Waals surface area contributed by atoms with Crippen molar-refractivity contribution >= 4 is 22.3 Å². The normalized spacial score (nSPS) is 29.4. The molecule has 4 heterocycles. The Labute approximate surface area is 142 Å². The number of rotatable bonds is 4. The van der Waals surface area contributed by atoms with Gasteiger partial charge in [-0.3, -0.25) is 9.35 Å². The smallest absolute Gasteiger partial charge is 0.418 e. The molecule has 3 amide bonds. The zero-order valence-corrected chi connectivity index (χ0v) is 13.7. The Hall–Kier alpha value is -2.25. The maximum absolute atomic E-state index is 12.4. The lowest BCUT2D eigenvalue weighted by atomic mass is 10.0. The summed E-state index contributed by atoms with van der Waals surface area (Å²) in [6, 6.07) is -1.68. The van der Waals surface area contributed by atoms with Gasteiger partial charge in [0.15, 0.2) is 0 Å². The zero-order valence-electron chi connectivity index (χ0n) is 12.9. The fraction of sp³-hybridized carbons (Fsp3) is 0.667. The van der Waals surface area contributed by atoms with Crippen molar-refractivity contribution in [2.75, 3.05) is 13.1 Å². The van der Waals surface area contributed by atoms with Crippen LogP contribution in [0.4, 0.5) is 4.79 Å². The SMILES string of the molecule is O=C1CC(c2nnc([C@@H]3CC[C@@H]4CN3C(=O)N4OS(=O)(=O)O)o2)CN1. The van der Waals surface area contributed by atoms with Crippen LogP contribution in [0.3, 0.4) is 0 Å². The van der Waals surface area contributed by atoms with Crippen LogP contribution >= 0.6 is 0 Å². The van der Waals surface area contributed by atoms with Crippen molar-refractivity contribution in [2.45, 2.75) is 37.3 Å². The van der Waals surface area contributed by atoms with E-state index in [-0.39, 0.29) is 30.7 Å². The molecule has 2 bridgehead atoms. The fourth-order valence-corrected chi connectivity index (χ4v) is 3.80. The fourth-order valence-electron chi connectivity index (χ4n) is 3.41. The van der Waals surface area contributed by atoms with Crippen LogP contribution in [0.25, 0.3) is 0 Å². The Balaban J connectivity index is 1.52. The van der Waals surface area contributed by atoms with Gasteiger partial charge in [0.05, 0.1) is 12.0 Å². The van der Waals surface area contributed by atoms with Gasteiger partial charge in [-0.25, -0.2) is 4.79 Å². The third-order valence-corrected chi connectivity index (χ3v) is 4.91. The second-order valence-corrected chi connectivity index (χ2v) is 7.20. The maximum Gasteiger partial charge on any atom is 0.418 e. The van der Waals surface area contributed by atoms with Gasteiger partial charge in [-0.1, -0.05) is 0 Å². The van der Waals surface area contributed by atoms with Crippen molar-refractivity contribution in [3.05, 3.63) is 11.8 Å². The molecule has 136 valence electrons. The number of aromatic nitrogens is 2. The van der Waals surface area contributed by atoms with Crippen molar-refractivity contribution in [2.24, 2.45) is 0 Å². The molecule has 3 saturated heterocycles. The zero-order chi connectivity index (χ0) is 17.8. The molecule has 12 nitrogen and oxygen atoms in total. The molecular weight excluding hydrogens is 358 g/mol. The highest BCUT2D eigenvalue weighted by Gasteiger charge is 2.49. The standard InChI is InChI=1S/C12H15N5O7S/c18-9-3-6(4-13-9)10-14-15-11(23-10)8-2-1-7-5-16(8)12(19)17(7)24-25(20,21)22/h6-8H,1-5H2,(H,13,18)(H,20,21,22)/t6?,7-,8+/m1/s1. The molecule has 25 heavy (non-hydrogen) atoms. The third kappa shape index (κ3) is 2.94. The third-order valence-electron chi connectivity index (χ3n) is 4.57. The van der Waals surface area contributed by atoms with Crippen LogP contribution in [-0.4, -0.2) is 64.2 Å². The van der Waals surface area contributed by atoms with Crippen molar-refractivity contribution in [3.63, 3.8) is 0 Å². The summed E-state index contributed by atoms with van der Waals surface area (Å²) in [6.45, 7) is 0.645. The molecule has 2 N–H and O–H groups in total. The summed E-state index contributed by atoms with van der Waals surface area (Å²) in [5, 5.41) is 11.3. The van der Waals surface area contributed by atoms with Gasteiger partial charge in [-0.2, -0.15) is 13.5 Å². The quantitative estimate of drug-likeness (QED) is 0.655. The summed E-state index contributed by atoms with van der Waals surface area (Å²) < 4.78 is 40.6. The number of hydrogen-bond donors (Lipinski definition) is 2. The van der Waals surface area contributed by atoms with Crippen molar-refractivity contribution in [1.29, 1.82) is 0 Å². The van der Waals surface area contributed by atoms with E-state index in [1.165, 1.54) is 4.90 Å². The minimum absolute atomic E-state index is 0.0852. The van der Waals surface area contributed by atoms with Gasteiger partial charge < -0.3 is 14.6 Å². The van der Waals surface area contributed by atoms with Gasteiger partial charge in [0.25, 0.3) is 0 Å². The van der Waals surface area contributed by atoms with Crippen molar-refractivity contribution < 1.29 is 31.3 Å². The van der Waals surface area contributed by atoms with Gasteiger partial charge in [0.2, 0.25) is 17.7 Å². The second kappa shape index (κ2) is 5.64. The Morgan fingerprint density at radius 3 is 2.68 bits per heavy atom. The van der Waals surface area contributed by atoms with E-state index >= 15 is 0 Å². The van der Waals surface area contributed by atoms with Crippen LogP contribution in [-0.2, 0) is 19.5 Å². The largest absolute Gasteiger partial charge is 0.423 e. The van der Waals surface area contributed by atoms with E-state index in [0.717, 1.165) is 0 Å². The molecule has 13 heteroatoms. The number of hydrogen-bond acceptors (Lipinski definition) is 8. The summed E-state index contributed by atoms with van der Waals surface area (Å²) in [5.74, 6) is 0.278. The Kier molecular flexibility index (Phi) is 3.66. The van der Waals surface area contributed by atoms with Crippen molar-refractivity contribution in [1.82, 2.24) is 25.5 Å². The van der Waals surface area contributed by atoms with Crippen molar-refractivity contribution in [3.8, 4) is 0 Å². The van der Waals surface area contributed by atoms with Gasteiger partial charge >= 0.3 is 16.4 Å². The average Bonchev–Trinajstić information content (AvgIpc) is 3.23. The summed E-state index contributed by atoms with van der Waals surface area (Å²) in [6.07, 6.45) is 1.20. The Morgan fingerprint density at radius 1 is 1.24 bits per heavy atom. The molecular formula is C12H15N5O7S. The molecule has 4 rings (SSSR count). The Bertz CT molecular complexity index is 824. The van der Waals surface area contributed by atoms with Crippen LogP contribution in [0, 0.1) is 0 Å². The lowest BCUT2D eigenvalue weighted by molar-refractivity contribution is -0.119. The summed E-state index contributed by atoms with van der Waals surface area (Å²) in [4.78, 5) is 25.0. The maximum atomic E-state index is 12.4. The first-order valence-corrected chi connectivity index (χ1v) is 9.05. The number of piperidine rings is 1. The summed E-state index contributed by atoms with van der Waals surface area (Å²) >= 11 is 0. The summed E-state index contributed by atoms with van der Waals surface area (Å²) in [5.41, 5.74) is 0. The second-order valence-electron chi connectivity index (χ2n) is 6.19. The predicted octanol–water partition coefficient (Wildman–Crippen LogP) is -0.651. The van der Waals surface area contributed by atoms with E-state index in [1.807, 2.05) is 0 Å². The van der Waals surface area contributed by atoms with Crippen LogP contribution in [0.5, 0.6) is 0 Å². The first kappa shape index (κ1) is 16.2. The van der Waals surface area contributed by atoms with Gasteiger partial charge in [-0.05, 0) is 12.8 Å². The highest BCUT2D eigenvalue weighted by molar-refractivity contribution is 7.80. The number of urea groups is 1. The molecule has 0 saturated carbocycles. The van der Waals surface area contributed by atoms with Crippen LogP contribution < -0.4 is 5.32 Å². The van der Waals surface area contributed by atoms with E-state index in [4.69, 9.17) is 8.97 Å². The number of fused-ring (bicyclic) bond motifs is 2. The lowest BCUT2D eigenvalue weighted by Gasteiger charge is -2.27. The molecule has 3 aliphatic rings. The molecule has 0 aromatic carbocycles. The number of hydroxylamine groups is 2. The molecule has 3 atom stereocenters. The Morgan fingerprint density at radius 2 is 2.00 bits per heavy atom. The van der Waals surface area contributed by atoms with Gasteiger partial charge in [-0.15, -0.1) is 14.5 Å². The molecule has 0 radical (unpaired) electrons. The van der Waals surface area contributed by atoms with E-state index in [0.29, 0.717) is 30.3 Å². The molecule has 1 aromatic rings. The lowest BCUT2D eigenvalue weighted by Crippen LogP contribution is -2.35. The highest BCUT2D eigenvalue weighted by atomic mass is 32.3. The average molecular weight is 373 g/mol. The van der Waals surface area contributed by atoms with E-state index in [1.54, 1.807) is 0 Å². The highest BCUT2D eigenvalue weighted by Crippen LogP contribution is 2.38. The monoisotopic (exact) mass is 373 g/mol. The van der Waals surface area contributed by atoms with E-state index in [2.05, 4.69) is 19.8 Å². The van der Waals surface area contributed by atoms with E-state index in [9.17, 15) is 18.0 Å². The minimum Gasteiger partial charge on any atom is -0.423 e. The molecule has 3 aliphatic heterocycles. The number of carbonyl (C=O) groups excluding carboxylic acids is 2. The number of nitrogens with zero attached hydrogens (tertiary/aromatic N) is 4. The first-order chi connectivity index (χ1) is 11.8. The topological polar surface area (TPSA) is 155 Å². The number of amides is 3. The molecule has 0 aliphatic carbocycles. The minimum atomic E-state index is -4.79.